The highest BCUT2D eigenvalue weighted by atomic mass is 35.5. The lowest BCUT2D eigenvalue weighted by atomic mass is 10.1. The quantitative estimate of drug-likeness (QED) is 0.779. The summed E-state index contributed by atoms with van der Waals surface area (Å²) in [5, 5.41) is 20.4. The molecule has 0 aliphatic carbocycles. The first-order valence-electron chi connectivity index (χ1n) is 6.68. The zero-order valence-electron chi connectivity index (χ0n) is 11.3. The average Bonchev–Trinajstić information content (AvgIpc) is 2.86. The first kappa shape index (κ1) is 14.1. The van der Waals surface area contributed by atoms with Gasteiger partial charge >= 0.3 is 0 Å². The van der Waals surface area contributed by atoms with Gasteiger partial charge in [0.2, 0.25) is 0 Å². The summed E-state index contributed by atoms with van der Waals surface area (Å²) >= 11 is 6.12. The number of aliphatic hydroxyl groups is 2. The van der Waals surface area contributed by atoms with Gasteiger partial charge in [0.1, 0.15) is 12.4 Å². The molecule has 108 valence electrons. The zero-order valence-corrected chi connectivity index (χ0v) is 12.0. The van der Waals surface area contributed by atoms with Crippen molar-refractivity contribution in [3.8, 4) is 0 Å². The van der Waals surface area contributed by atoms with E-state index >= 15 is 0 Å². The van der Waals surface area contributed by atoms with Gasteiger partial charge in [0, 0.05) is 10.6 Å². The van der Waals surface area contributed by atoms with Crippen LogP contribution < -0.4 is 0 Å². The Balaban J connectivity index is 1.99. The number of hydrogen-bond donors (Lipinski definition) is 2. The molecule has 5 heteroatoms. The molecular weight excluding hydrogens is 288 g/mol. The van der Waals surface area contributed by atoms with Crippen molar-refractivity contribution in [2.75, 3.05) is 0 Å². The number of halogens is 1. The molecule has 2 N–H and O–H groups in total. The number of aliphatic hydroxyl groups excluding tert-OH is 2. The third-order valence-corrected chi connectivity index (χ3v) is 3.84. The van der Waals surface area contributed by atoms with Gasteiger partial charge < -0.3 is 14.8 Å². The smallest absolute Gasteiger partial charge is 0.135 e. The standard InChI is InChI=1S/C16H15ClN2O2/c17-12-6-2-1-5-11(12)15(21)9-19-14-8-4-3-7-13(14)18-16(19)10-20/h1-8,15,20-21H,9-10H2. The van der Waals surface area contributed by atoms with Gasteiger partial charge in [0.15, 0.2) is 0 Å². The maximum Gasteiger partial charge on any atom is 0.135 e. The second-order valence-electron chi connectivity index (χ2n) is 4.82. The van der Waals surface area contributed by atoms with E-state index in [-0.39, 0.29) is 6.61 Å². The van der Waals surface area contributed by atoms with Crippen LogP contribution in [-0.4, -0.2) is 19.8 Å². The van der Waals surface area contributed by atoms with Gasteiger partial charge in [0.05, 0.1) is 23.7 Å². The van der Waals surface area contributed by atoms with Crippen molar-refractivity contribution in [3.05, 3.63) is 64.9 Å². The molecule has 21 heavy (non-hydrogen) atoms. The number of imidazole rings is 1. The van der Waals surface area contributed by atoms with Crippen LogP contribution >= 0.6 is 11.6 Å². The van der Waals surface area contributed by atoms with Crippen LogP contribution in [0, 0.1) is 0 Å². The summed E-state index contributed by atoms with van der Waals surface area (Å²) in [7, 11) is 0. The van der Waals surface area contributed by atoms with E-state index in [4.69, 9.17) is 11.6 Å². The Morgan fingerprint density at radius 3 is 2.57 bits per heavy atom. The van der Waals surface area contributed by atoms with E-state index in [9.17, 15) is 10.2 Å². The molecule has 4 nitrogen and oxygen atoms in total. The summed E-state index contributed by atoms with van der Waals surface area (Å²) in [5.74, 6) is 0.530. The van der Waals surface area contributed by atoms with Crippen molar-refractivity contribution in [3.63, 3.8) is 0 Å². The Morgan fingerprint density at radius 2 is 1.81 bits per heavy atom. The van der Waals surface area contributed by atoms with Crippen LogP contribution in [0.15, 0.2) is 48.5 Å². The van der Waals surface area contributed by atoms with E-state index in [0.29, 0.717) is 23.0 Å². The molecule has 1 atom stereocenters. The van der Waals surface area contributed by atoms with Crippen molar-refractivity contribution in [1.29, 1.82) is 0 Å². The zero-order chi connectivity index (χ0) is 14.8. The molecule has 0 spiro atoms. The lowest BCUT2D eigenvalue weighted by molar-refractivity contribution is 0.153. The van der Waals surface area contributed by atoms with E-state index in [1.807, 2.05) is 41.0 Å². The molecule has 3 rings (SSSR count). The van der Waals surface area contributed by atoms with E-state index in [1.165, 1.54) is 0 Å². The summed E-state index contributed by atoms with van der Waals surface area (Å²) in [6.07, 6.45) is -0.762. The van der Waals surface area contributed by atoms with Gasteiger partial charge in [-0.05, 0) is 18.2 Å². The Morgan fingerprint density at radius 1 is 1.10 bits per heavy atom. The van der Waals surface area contributed by atoms with Gasteiger partial charge in [-0.25, -0.2) is 4.98 Å². The summed E-state index contributed by atoms with van der Waals surface area (Å²) in [6.45, 7) is 0.115. The fourth-order valence-corrected chi connectivity index (χ4v) is 2.73. The maximum absolute atomic E-state index is 10.4. The Hall–Kier alpha value is -1.88. The van der Waals surface area contributed by atoms with Crippen molar-refractivity contribution < 1.29 is 10.2 Å². The van der Waals surface area contributed by atoms with Crippen LogP contribution in [-0.2, 0) is 13.2 Å². The maximum atomic E-state index is 10.4. The predicted molar refractivity (Wildman–Crippen MR) is 82.1 cm³/mol. The van der Waals surface area contributed by atoms with E-state index in [1.54, 1.807) is 12.1 Å². The van der Waals surface area contributed by atoms with Gasteiger partial charge in [-0.3, -0.25) is 0 Å². The Kier molecular flexibility index (Phi) is 3.92. The van der Waals surface area contributed by atoms with Crippen LogP contribution in [0.3, 0.4) is 0 Å². The fourth-order valence-electron chi connectivity index (χ4n) is 2.47. The third kappa shape index (κ3) is 2.65. The minimum absolute atomic E-state index is 0.177. The van der Waals surface area contributed by atoms with Gasteiger partial charge in [-0.1, -0.05) is 41.9 Å². The van der Waals surface area contributed by atoms with Crippen LogP contribution in [0.5, 0.6) is 0 Å². The Bertz CT molecular complexity index is 770. The molecule has 0 aliphatic heterocycles. The predicted octanol–water partition coefficient (Wildman–Crippen LogP) is 2.92. The highest BCUT2D eigenvalue weighted by Crippen LogP contribution is 2.26. The second kappa shape index (κ2) is 5.85. The summed E-state index contributed by atoms with van der Waals surface area (Å²) in [5.41, 5.74) is 2.35. The molecule has 1 unspecified atom stereocenters. The molecule has 0 aliphatic rings. The van der Waals surface area contributed by atoms with E-state index < -0.39 is 6.10 Å². The largest absolute Gasteiger partial charge is 0.388 e. The number of fused-ring (bicyclic) bond motifs is 1. The first-order valence-corrected chi connectivity index (χ1v) is 7.06. The van der Waals surface area contributed by atoms with Gasteiger partial charge in [-0.2, -0.15) is 0 Å². The highest BCUT2D eigenvalue weighted by Gasteiger charge is 2.16. The second-order valence-corrected chi connectivity index (χ2v) is 5.23. The highest BCUT2D eigenvalue weighted by molar-refractivity contribution is 6.31. The molecular formula is C16H15ClN2O2. The fraction of sp³-hybridized carbons (Fsp3) is 0.188. The third-order valence-electron chi connectivity index (χ3n) is 3.49. The van der Waals surface area contributed by atoms with E-state index in [0.717, 1.165) is 11.0 Å². The molecule has 0 saturated carbocycles. The Labute approximate surface area is 127 Å². The van der Waals surface area contributed by atoms with Crippen molar-refractivity contribution >= 4 is 22.6 Å². The average molecular weight is 303 g/mol. The van der Waals surface area contributed by atoms with Crippen molar-refractivity contribution in [2.24, 2.45) is 0 Å². The summed E-state index contributed by atoms with van der Waals surface area (Å²) < 4.78 is 1.82. The topological polar surface area (TPSA) is 58.3 Å². The first-order chi connectivity index (χ1) is 10.2. The molecule has 1 heterocycles. The normalized spacial score (nSPS) is 12.7. The van der Waals surface area contributed by atoms with Crippen LogP contribution in [0.25, 0.3) is 11.0 Å². The number of hydrogen-bond acceptors (Lipinski definition) is 3. The molecule has 0 radical (unpaired) electrons. The minimum Gasteiger partial charge on any atom is -0.388 e. The molecule has 0 fully saturated rings. The molecule has 0 bridgehead atoms. The molecule has 0 amide bonds. The van der Waals surface area contributed by atoms with Crippen LogP contribution in [0.1, 0.15) is 17.5 Å². The van der Waals surface area contributed by atoms with Crippen molar-refractivity contribution in [1.82, 2.24) is 9.55 Å². The van der Waals surface area contributed by atoms with Crippen LogP contribution in [0.4, 0.5) is 0 Å². The number of para-hydroxylation sites is 2. The van der Waals surface area contributed by atoms with E-state index in [2.05, 4.69) is 4.98 Å². The SMILES string of the molecule is OCc1nc2ccccc2n1CC(O)c1ccccc1Cl. The molecule has 0 saturated heterocycles. The molecule has 2 aromatic carbocycles. The molecule has 3 aromatic rings. The minimum atomic E-state index is -0.762. The summed E-state index contributed by atoms with van der Waals surface area (Å²) in [4.78, 5) is 4.37. The number of nitrogens with zero attached hydrogens (tertiary/aromatic N) is 2. The van der Waals surface area contributed by atoms with Gasteiger partial charge in [-0.15, -0.1) is 0 Å². The van der Waals surface area contributed by atoms with Gasteiger partial charge in [0.25, 0.3) is 0 Å². The lowest BCUT2D eigenvalue weighted by Gasteiger charge is -2.15. The molecule has 1 aromatic heterocycles. The van der Waals surface area contributed by atoms with Crippen LogP contribution in [0.2, 0.25) is 5.02 Å². The van der Waals surface area contributed by atoms with Crippen molar-refractivity contribution in [2.45, 2.75) is 19.3 Å². The lowest BCUT2D eigenvalue weighted by Crippen LogP contribution is -2.12. The number of benzene rings is 2. The summed E-state index contributed by atoms with van der Waals surface area (Å²) in [6, 6.07) is 14.8. The number of aromatic nitrogens is 2. The monoisotopic (exact) mass is 302 g/mol. The number of rotatable bonds is 4.